The van der Waals surface area contributed by atoms with Crippen molar-refractivity contribution in [1.29, 1.82) is 0 Å². The van der Waals surface area contributed by atoms with E-state index in [4.69, 9.17) is 11.6 Å². The molecule has 1 heteroatoms. The molecule has 4 rings (SSSR count). The van der Waals surface area contributed by atoms with Crippen LogP contribution in [0.3, 0.4) is 0 Å². The van der Waals surface area contributed by atoms with Crippen LogP contribution in [-0.4, -0.2) is 4.87 Å². The van der Waals surface area contributed by atoms with Gasteiger partial charge in [-0.2, -0.15) is 0 Å². The van der Waals surface area contributed by atoms with Gasteiger partial charge in [0.2, 0.25) is 0 Å². The average molecular weight is 213 g/mol. The second-order valence-corrected chi connectivity index (χ2v) is 6.79. The van der Waals surface area contributed by atoms with Gasteiger partial charge in [0, 0.05) is 4.87 Å². The topological polar surface area (TPSA) is 0 Å². The van der Waals surface area contributed by atoms with E-state index in [-0.39, 0.29) is 4.87 Å². The summed E-state index contributed by atoms with van der Waals surface area (Å²) in [7, 11) is 0. The van der Waals surface area contributed by atoms with Gasteiger partial charge >= 0.3 is 0 Å². The van der Waals surface area contributed by atoms with Crippen molar-refractivity contribution in [2.75, 3.05) is 0 Å². The first-order valence-corrected chi connectivity index (χ1v) is 6.78. The lowest BCUT2D eigenvalue weighted by molar-refractivity contribution is -0.0235. The van der Waals surface area contributed by atoms with Gasteiger partial charge < -0.3 is 0 Å². The molecule has 0 aromatic rings. The van der Waals surface area contributed by atoms with Gasteiger partial charge in [0.05, 0.1) is 0 Å². The molecule has 14 heavy (non-hydrogen) atoms. The maximum Gasteiger partial charge on any atom is 0.0482 e. The number of rotatable bonds is 2. The second kappa shape index (κ2) is 3.14. The minimum atomic E-state index is 0.241. The number of hydrogen-bond donors (Lipinski definition) is 0. The molecule has 0 N–H and O–H groups in total. The Labute approximate surface area is 92.4 Å². The number of alkyl halides is 1. The Kier molecular flexibility index (Phi) is 2.13. The van der Waals surface area contributed by atoms with E-state index in [0.29, 0.717) is 0 Å². The Bertz CT molecular complexity index is 221. The fourth-order valence-electron chi connectivity index (χ4n) is 4.85. The largest absolute Gasteiger partial charge is 0.119 e. The van der Waals surface area contributed by atoms with Crippen LogP contribution in [0.25, 0.3) is 0 Å². The predicted molar refractivity (Wildman–Crippen MR) is 60.5 cm³/mol. The molecule has 3 unspecified atom stereocenters. The van der Waals surface area contributed by atoms with E-state index in [2.05, 4.69) is 6.92 Å². The molecule has 0 spiro atoms. The first kappa shape index (κ1) is 9.51. The second-order valence-electron chi connectivity index (χ2n) is 6.04. The monoisotopic (exact) mass is 212 g/mol. The molecule has 0 nitrogen and oxygen atoms in total. The van der Waals surface area contributed by atoms with Crippen LogP contribution in [0.5, 0.6) is 0 Å². The third-order valence-corrected chi connectivity index (χ3v) is 5.62. The molecular formula is C13H21Cl. The van der Waals surface area contributed by atoms with Crippen molar-refractivity contribution in [3.05, 3.63) is 0 Å². The molecule has 3 atom stereocenters. The van der Waals surface area contributed by atoms with E-state index in [1.165, 1.54) is 44.9 Å². The van der Waals surface area contributed by atoms with Crippen molar-refractivity contribution in [2.24, 2.45) is 23.7 Å². The summed E-state index contributed by atoms with van der Waals surface area (Å²) in [5, 5.41) is 0. The van der Waals surface area contributed by atoms with Gasteiger partial charge in [0.1, 0.15) is 0 Å². The highest BCUT2D eigenvalue weighted by Crippen LogP contribution is 2.62. The van der Waals surface area contributed by atoms with Crippen LogP contribution < -0.4 is 0 Å². The summed E-state index contributed by atoms with van der Waals surface area (Å²) in [5.74, 6) is 3.86. The zero-order valence-corrected chi connectivity index (χ0v) is 9.89. The summed E-state index contributed by atoms with van der Waals surface area (Å²) in [6.07, 6.45) is 9.91. The minimum absolute atomic E-state index is 0.241. The Morgan fingerprint density at radius 2 is 1.79 bits per heavy atom. The van der Waals surface area contributed by atoms with Gasteiger partial charge in [0.15, 0.2) is 0 Å². The summed E-state index contributed by atoms with van der Waals surface area (Å²) >= 11 is 6.88. The van der Waals surface area contributed by atoms with Crippen LogP contribution in [0.4, 0.5) is 0 Å². The lowest BCUT2D eigenvalue weighted by Crippen LogP contribution is -2.53. The SMILES string of the molecule is CCCC1C2CC3CC(C2)CC1(Cl)C3. The van der Waals surface area contributed by atoms with Crippen LogP contribution in [0, 0.1) is 23.7 Å². The van der Waals surface area contributed by atoms with Gasteiger partial charge in [-0.3, -0.25) is 0 Å². The van der Waals surface area contributed by atoms with Crippen molar-refractivity contribution >= 4 is 11.6 Å². The maximum absolute atomic E-state index is 6.88. The Balaban J connectivity index is 1.86. The van der Waals surface area contributed by atoms with Crippen molar-refractivity contribution in [2.45, 2.75) is 56.7 Å². The molecule has 0 saturated heterocycles. The summed E-state index contributed by atoms with van der Waals surface area (Å²) < 4.78 is 0. The average Bonchev–Trinajstić information content (AvgIpc) is 2.09. The zero-order chi connectivity index (χ0) is 9.76. The van der Waals surface area contributed by atoms with E-state index >= 15 is 0 Å². The summed E-state index contributed by atoms with van der Waals surface area (Å²) in [4.78, 5) is 0.241. The molecule has 4 aliphatic rings. The van der Waals surface area contributed by atoms with Crippen molar-refractivity contribution in [1.82, 2.24) is 0 Å². The predicted octanol–water partition coefficient (Wildman–Crippen LogP) is 4.22. The normalized spacial score (nSPS) is 55.3. The third-order valence-electron chi connectivity index (χ3n) is 5.03. The molecule has 0 aromatic carbocycles. The Morgan fingerprint density at radius 3 is 2.29 bits per heavy atom. The van der Waals surface area contributed by atoms with Gasteiger partial charge in [0.25, 0.3) is 0 Å². The van der Waals surface area contributed by atoms with Crippen molar-refractivity contribution < 1.29 is 0 Å². The van der Waals surface area contributed by atoms with Crippen LogP contribution in [0.1, 0.15) is 51.9 Å². The number of hydrogen-bond acceptors (Lipinski definition) is 0. The van der Waals surface area contributed by atoms with Gasteiger partial charge in [-0.25, -0.2) is 0 Å². The molecule has 4 aliphatic carbocycles. The Morgan fingerprint density at radius 1 is 1.14 bits per heavy atom. The van der Waals surface area contributed by atoms with E-state index in [1.54, 1.807) is 0 Å². The lowest BCUT2D eigenvalue weighted by atomic mass is 9.51. The molecule has 0 aliphatic heterocycles. The molecule has 4 bridgehead atoms. The van der Waals surface area contributed by atoms with E-state index in [9.17, 15) is 0 Å². The maximum atomic E-state index is 6.88. The van der Waals surface area contributed by atoms with E-state index in [0.717, 1.165) is 23.7 Å². The summed E-state index contributed by atoms with van der Waals surface area (Å²) in [6.45, 7) is 2.31. The molecule has 4 saturated carbocycles. The van der Waals surface area contributed by atoms with Crippen LogP contribution >= 0.6 is 11.6 Å². The molecule has 0 heterocycles. The fourth-order valence-corrected chi connectivity index (χ4v) is 5.58. The van der Waals surface area contributed by atoms with Gasteiger partial charge in [-0.05, 0) is 62.2 Å². The Hall–Kier alpha value is 0.290. The van der Waals surface area contributed by atoms with Crippen LogP contribution in [0.15, 0.2) is 0 Å². The lowest BCUT2D eigenvalue weighted by Gasteiger charge is -2.59. The smallest absolute Gasteiger partial charge is 0.0482 e. The van der Waals surface area contributed by atoms with Crippen molar-refractivity contribution in [3.8, 4) is 0 Å². The van der Waals surface area contributed by atoms with Gasteiger partial charge in [-0.1, -0.05) is 13.3 Å². The molecule has 4 fully saturated rings. The summed E-state index contributed by atoms with van der Waals surface area (Å²) in [6, 6.07) is 0. The summed E-state index contributed by atoms with van der Waals surface area (Å²) in [5.41, 5.74) is 0. The molecular weight excluding hydrogens is 192 g/mol. The molecule has 80 valence electrons. The molecule has 0 radical (unpaired) electrons. The highest BCUT2D eigenvalue weighted by Gasteiger charge is 2.55. The third kappa shape index (κ3) is 1.26. The minimum Gasteiger partial charge on any atom is -0.119 e. The molecule has 0 amide bonds. The first-order chi connectivity index (χ1) is 6.71. The molecule has 0 aromatic heterocycles. The van der Waals surface area contributed by atoms with Crippen molar-refractivity contribution in [3.63, 3.8) is 0 Å². The van der Waals surface area contributed by atoms with Crippen LogP contribution in [-0.2, 0) is 0 Å². The van der Waals surface area contributed by atoms with E-state index < -0.39 is 0 Å². The van der Waals surface area contributed by atoms with E-state index in [1.807, 2.05) is 0 Å². The highest BCUT2D eigenvalue weighted by molar-refractivity contribution is 6.24. The first-order valence-electron chi connectivity index (χ1n) is 6.40. The quantitative estimate of drug-likeness (QED) is 0.602. The standard InChI is InChI=1S/C13H21Cl/c1-2-3-12-11-5-9-4-10(6-11)8-13(12,14)7-9/h9-12H,2-8H2,1H3. The zero-order valence-electron chi connectivity index (χ0n) is 9.14. The van der Waals surface area contributed by atoms with Crippen LogP contribution in [0.2, 0.25) is 0 Å². The number of halogens is 1. The highest BCUT2D eigenvalue weighted by atomic mass is 35.5. The van der Waals surface area contributed by atoms with Gasteiger partial charge in [-0.15, -0.1) is 11.6 Å². The fraction of sp³-hybridized carbons (Fsp3) is 1.00.